The van der Waals surface area contributed by atoms with Crippen molar-refractivity contribution in [3.63, 3.8) is 0 Å². The minimum Gasteiger partial charge on any atom is -0.478 e. The third kappa shape index (κ3) is 6.35. The van der Waals surface area contributed by atoms with Crippen LogP contribution in [-0.2, 0) is 0 Å². The van der Waals surface area contributed by atoms with Crippen LogP contribution in [0, 0.1) is 0 Å². The summed E-state index contributed by atoms with van der Waals surface area (Å²) in [5, 5.41) is 40.0. The molecule has 4 N–H and O–H groups in total. The van der Waals surface area contributed by atoms with Crippen molar-refractivity contribution in [1.29, 1.82) is 0 Å². The molecule has 0 saturated carbocycles. The highest BCUT2D eigenvalue weighted by Gasteiger charge is 2.20. The van der Waals surface area contributed by atoms with E-state index in [-0.39, 0.29) is 33.0 Å². The highest BCUT2D eigenvalue weighted by atomic mass is 32.2. The Bertz CT molecular complexity index is 2030. The third-order valence-corrected chi connectivity index (χ3v) is 9.43. The van der Waals surface area contributed by atoms with Crippen LogP contribution in [0.25, 0.3) is 21.5 Å². The molecule has 47 heavy (non-hydrogen) atoms. The van der Waals surface area contributed by atoms with Gasteiger partial charge in [-0.15, -0.1) is 0 Å². The fourth-order valence-corrected chi connectivity index (χ4v) is 7.08. The summed E-state index contributed by atoms with van der Waals surface area (Å²) in [6.07, 6.45) is 0. The number of hydrogen-bond donors (Lipinski definition) is 4. The van der Waals surface area contributed by atoms with Crippen molar-refractivity contribution in [3.05, 3.63) is 131 Å². The van der Waals surface area contributed by atoms with E-state index in [0.29, 0.717) is 32.1 Å². The first-order valence-electron chi connectivity index (χ1n) is 13.9. The highest BCUT2D eigenvalue weighted by Crippen LogP contribution is 2.39. The lowest BCUT2D eigenvalue weighted by Gasteiger charge is -2.12. The summed E-state index contributed by atoms with van der Waals surface area (Å²) in [5.74, 6) is -3.66. The molecule has 0 spiro atoms. The lowest BCUT2D eigenvalue weighted by atomic mass is 9.99. The minimum atomic E-state index is -1.20. The summed E-state index contributed by atoms with van der Waals surface area (Å²) in [7, 11) is 0. The topological polar surface area (TPSA) is 158 Å². The van der Waals surface area contributed by atoms with E-state index < -0.39 is 23.9 Å². The summed E-state index contributed by atoms with van der Waals surface area (Å²) >= 11 is 2.74. The lowest BCUT2D eigenvalue weighted by Crippen LogP contribution is -2.04. The van der Waals surface area contributed by atoms with Crippen LogP contribution in [0.15, 0.2) is 129 Å². The second-order valence-electron chi connectivity index (χ2n) is 10.1. The van der Waals surface area contributed by atoms with Gasteiger partial charge >= 0.3 is 23.9 Å². The summed E-state index contributed by atoms with van der Waals surface area (Å²) in [5.41, 5.74) is -0.306. The van der Waals surface area contributed by atoms with Gasteiger partial charge < -0.3 is 25.2 Å². The largest absolute Gasteiger partial charge is 0.478 e. The predicted octanol–water partition coefficient (Wildman–Crippen LogP) is 8.88. The number of carboxylic acids is 4. The van der Waals surface area contributed by atoms with Crippen molar-refractivity contribution >= 4 is 68.9 Å². The quantitative estimate of drug-likeness (QED) is 0.111. The number of rotatable bonds is 10. The van der Waals surface area contributed by atoms with E-state index in [1.54, 1.807) is 60.7 Å². The maximum Gasteiger partial charge on any atom is 0.336 e. The molecule has 0 amide bonds. The Morgan fingerprint density at radius 1 is 0.426 bits per heavy atom. The van der Waals surface area contributed by atoms with E-state index in [1.165, 1.54) is 47.8 Å². The fraction of sp³-hybridized carbons (Fsp3) is 0. The van der Waals surface area contributed by atoms with Gasteiger partial charge in [0.2, 0.25) is 0 Å². The zero-order chi connectivity index (χ0) is 33.2. The number of benzene rings is 6. The van der Waals surface area contributed by atoms with E-state index in [1.807, 2.05) is 24.3 Å². The molecule has 0 heterocycles. The van der Waals surface area contributed by atoms with Gasteiger partial charge in [0.25, 0.3) is 0 Å². The van der Waals surface area contributed by atoms with Gasteiger partial charge in [-0.25, -0.2) is 19.2 Å². The number of aromatic carboxylic acids is 4. The van der Waals surface area contributed by atoms with Crippen LogP contribution in [0.3, 0.4) is 0 Å². The Morgan fingerprint density at radius 3 is 1.11 bits per heavy atom. The molecule has 6 aromatic carbocycles. The molecule has 0 unspecified atom stereocenters. The number of fused-ring (bicyclic) bond motifs is 2. The molecule has 0 saturated heterocycles. The van der Waals surface area contributed by atoms with Crippen molar-refractivity contribution < 1.29 is 44.3 Å². The number of ether oxygens (including phenoxy) is 1. The van der Waals surface area contributed by atoms with Gasteiger partial charge in [0.1, 0.15) is 11.5 Å². The van der Waals surface area contributed by atoms with Crippen molar-refractivity contribution in [2.24, 2.45) is 0 Å². The average Bonchev–Trinajstić information content (AvgIpc) is 3.05. The van der Waals surface area contributed by atoms with Gasteiger partial charge in [-0.1, -0.05) is 47.8 Å². The second-order valence-corrected chi connectivity index (χ2v) is 12.4. The summed E-state index contributed by atoms with van der Waals surface area (Å²) < 4.78 is 6.02. The molecule has 0 aliphatic heterocycles. The normalized spacial score (nSPS) is 11.0. The highest BCUT2D eigenvalue weighted by molar-refractivity contribution is 7.99. The minimum absolute atomic E-state index is 0.0766. The van der Waals surface area contributed by atoms with E-state index >= 15 is 0 Å². The molecule has 0 radical (unpaired) electrons. The summed E-state index contributed by atoms with van der Waals surface area (Å²) in [6.45, 7) is 0. The molecule has 9 nitrogen and oxygen atoms in total. The monoisotopic (exact) mass is 662 g/mol. The number of carboxylic acid groups (broad SMARTS) is 4. The van der Waals surface area contributed by atoms with Crippen molar-refractivity contribution in [1.82, 2.24) is 0 Å². The SMILES string of the molecule is O=C(O)c1cccc2c(Sc3ccc(Oc4ccc(Sc5ccc(C(=O)O)c6c(C(=O)O)cccc56)cc4)cc3)ccc(C(=O)O)c12. The molecular weight excluding hydrogens is 641 g/mol. The van der Waals surface area contributed by atoms with Crippen LogP contribution >= 0.6 is 23.5 Å². The molecule has 0 aliphatic rings. The van der Waals surface area contributed by atoms with Gasteiger partial charge in [0.05, 0.1) is 22.3 Å². The van der Waals surface area contributed by atoms with Crippen LogP contribution in [0.5, 0.6) is 11.5 Å². The van der Waals surface area contributed by atoms with Crippen LogP contribution in [0.1, 0.15) is 41.4 Å². The number of hydrogen-bond acceptors (Lipinski definition) is 7. The molecule has 6 rings (SSSR count). The van der Waals surface area contributed by atoms with Crippen molar-refractivity contribution in [3.8, 4) is 11.5 Å². The Kier molecular flexibility index (Phi) is 8.57. The zero-order valence-corrected chi connectivity index (χ0v) is 25.7. The van der Waals surface area contributed by atoms with Crippen LogP contribution < -0.4 is 4.74 Å². The average molecular weight is 663 g/mol. The fourth-order valence-electron chi connectivity index (χ4n) is 5.19. The van der Waals surface area contributed by atoms with Gasteiger partial charge in [0, 0.05) is 30.4 Å². The maximum absolute atomic E-state index is 11.8. The van der Waals surface area contributed by atoms with Crippen LogP contribution in [0.2, 0.25) is 0 Å². The summed E-state index contributed by atoms with van der Waals surface area (Å²) in [6, 6.07) is 30.1. The number of carbonyl (C=O) groups is 4. The smallest absolute Gasteiger partial charge is 0.336 e. The molecule has 11 heteroatoms. The predicted molar refractivity (Wildman–Crippen MR) is 177 cm³/mol. The van der Waals surface area contributed by atoms with E-state index in [2.05, 4.69) is 0 Å². The van der Waals surface area contributed by atoms with Crippen LogP contribution in [0.4, 0.5) is 0 Å². The summed E-state index contributed by atoms with van der Waals surface area (Å²) in [4.78, 5) is 50.3. The van der Waals surface area contributed by atoms with Crippen LogP contribution in [-0.4, -0.2) is 44.3 Å². The van der Waals surface area contributed by atoms with E-state index in [9.17, 15) is 39.6 Å². The molecule has 232 valence electrons. The van der Waals surface area contributed by atoms with E-state index in [0.717, 1.165) is 9.79 Å². The standard InChI is InChI=1S/C36H22O9S2/c37-33(38)25-5-1-3-23-29(17-15-27(31(23)25)35(41)42)46-21-11-7-19(8-12-21)45-20-9-13-22(14-10-20)47-30-18-16-28(36(43)44)32-24(30)4-2-6-26(32)34(39)40/h1-18H,(H,37,38)(H,39,40)(H,41,42)(H,43,44). The molecular formula is C36H22O9S2. The molecule has 0 atom stereocenters. The Morgan fingerprint density at radius 2 is 0.766 bits per heavy atom. The molecule has 0 fully saturated rings. The molecule has 0 aliphatic carbocycles. The van der Waals surface area contributed by atoms with Gasteiger partial charge in [-0.2, -0.15) is 0 Å². The molecule has 6 aromatic rings. The maximum atomic E-state index is 11.8. The first-order chi connectivity index (χ1) is 22.6. The first-order valence-corrected chi connectivity index (χ1v) is 15.5. The second kappa shape index (κ2) is 12.9. The van der Waals surface area contributed by atoms with E-state index in [4.69, 9.17) is 4.74 Å². The zero-order valence-electron chi connectivity index (χ0n) is 24.0. The Labute approximate surface area is 275 Å². The molecule has 0 aromatic heterocycles. The van der Waals surface area contributed by atoms with Gasteiger partial charge in [0.15, 0.2) is 0 Å². The third-order valence-electron chi connectivity index (χ3n) is 7.26. The van der Waals surface area contributed by atoms with Crippen molar-refractivity contribution in [2.45, 2.75) is 19.6 Å². The van der Waals surface area contributed by atoms with Crippen molar-refractivity contribution in [2.75, 3.05) is 0 Å². The first kappa shape index (κ1) is 31.2. The Hall–Kier alpha value is -5.78. The lowest BCUT2D eigenvalue weighted by molar-refractivity contribution is 0.0681. The Balaban J connectivity index is 1.19. The van der Waals surface area contributed by atoms with Gasteiger partial charge in [-0.05, 0) is 95.7 Å². The van der Waals surface area contributed by atoms with Gasteiger partial charge in [-0.3, -0.25) is 0 Å². The molecule has 0 bridgehead atoms.